The highest BCUT2D eigenvalue weighted by Gasteiger charge is 2.15. The van der Waals surface area contributed by atoms with Crippen molar-refractivity contribution in [2.24, 2.45) is 5.73 Å². The summed E-state index contributed by atoms with van der Waals surface area (Å²) in [6.45, 7) is 1.93. The standard InChI is InChI=1S/C25H28ClN7O/c1-31(2)13-6-14-32(3)22-10-9-17(15-20(22)26)29-25-28-12-11-23(30-25)33-16-19(24(27)34)18-7-4-5-8-21(18)33/h4-5,7-12,15-16H,6,13-14H2,1-3H3,(H2,27,34)(H,28,29,30). The molecule has 0 saturated carbocycles. The molecule has 0 fully saturated rings. The Morgan fingerprint density at radius 3 is 2.65 bits per heavy atom. The number of aromatic nitrogens is 3. The number of carbonyl (C=O) groups is 1. The highest BCUT2D eigenvalue weighted by atomic mass is 35.5. The molecule has 2 aromatic carbocycles. The predicted molar refractivity (Wildman–Crippen MR) is 139 cm³/mol. The SMILES string of the molecule is CN(C)CCCN(C)c1ccc(Nc2nccc(-n3cc(C(N)=O)c4ccccc43)n2)cc1Cl. The molecule has 0 saturated heterocycles. The zero-order chi connectivity index (χ0) is 24.2. The van der Waals surface area contributed by atoms with E-state index in [4.69, 9.17) is 17.3 Å². The molecular formula is C25H28ClN7O. The third kappa shape index (κ3) is 5.13. The second kappa shape index (κ2) is 10.1. The van der Waals surface area contributed by atoms with Crippen LogP contribution in [0.3, 0.4) is 0 Å². The summed E-state index contributed by atoms with van der Waals surface area (Å²) in [4.78, 5) is 25.2. The summed E-state index contributed by atoms with van der Waals surface area (Å²) in [7, 11) is 6.18. The van der Waals surface area contributed by atoms with Crippen LogP contribution in [0.4, 0.5) is 17.3 Å². The molecule has 0 radical (unpaired) electrons. The van der Waals surface area contributed by atoms with Crippen molar-refractivity contribution in [3.63, 3.8) is 0 Å². The van der Waals surface area contributed by atoms with Crippen molar-refractivity contribution in [2.45, 2.75) is 6.42 Å². The van der Waals surface area contributed by atoms with Gasteiger partial charge in [-0.25, -0.2) is 4.98 Å². The molecule has 8 nitrogen and oxygen atoms in total. The van der Waals surface area contributed by atoms with Crippen molar-refractivity contribution in [3.05, 3.63) is 71.5 Å². The number of nitrogens with zero attached hydrogens (tertiary/aromatic N) is 5. The van der Waals surface area contributed by atoms with Crippen molar-refractivity contribution in [1.29, 1.82) is 0 Å². The highest BCUT2D eigenvalue weighted by molar-refractivity contribution is 6.33. The van der Waals surface area contributed by atoms with E-state index in [0.29, 0.717) is 22.4 Å². The van der Waals surface area contributed by atoms with Gasteiger partial charge < -0.3 is 25.4 Å². The molecule has 1 amide bonds. The van der Waals surface area contributed by atoms with Gasteiger partial charge in [-0.1, -0.05) is 29.8 Å². The molecule has 4 rings (SSSR count). The number of nitrogens with one attached hydrogen (secondary N) is 1. The molecular weight excluding hydrogens is 450 g/mol. The van der Waals surface area contributed by atoms with Crippen LogP contribution in [0.5, 0.6) is 0 Å². The summed E-state index contributed by atoms with van der Waals surface area (Å²) < 4.78 is 1.83. The summed E-state index contributed by atoms with van der Waals surface area (Å²) in [5, 5.41) is 4.65. The van der Waals surface area contributed by atoms with E-state index >= 15 is 0 Å². The number of anilines is 3. The predicted octanol–water partition coefficient (Wildman–Crippen LogP) is 4.30. The van der Waals surface area contributed by atoms with Crippen molar-refractivity contribution in [2.75, 3.05) is 44.4 Å². The Balaban J connectivity index is 1.55. The molecule has 9 heteroatoms. The molecule has 0 aliphatic carbocycles. The first-order chi connectivity index (χ1) is 16.3. The van der Waals surface area contributed by atoms with Gasteiger partial charge in [0.15, 0.2) is 0 Å². The van der Waals surface area contributed by atoms with E-state index in [1.807, 2.05) is 54.1 Å². The van der Waals surface area contributed by atoms with E-state index < -0.39 is 5.91 Å². The lowest BCUT2D eigenvalue weighted by Gasteiger charge is -2.22. The number of hydrogen-bond acceptors (Lipinski definition) is 6. The number of amides is 1. The normalized spacial score (nSPS) is 11.2. The maximum absolute atomic E-state index is 11.9. The summed E-state index contributed by atoms with van der Waals surface area (Å²) in [6, 6.07) is 15.2. The van der Waals surface area contributed by atoms with E-state index in [-0.39, 0.29) is 0 Å². The molecule has 0 aliphatic rings. The van der Waals surface area contributed by atoms with Crippen LogP contribution in [0.25, 0.3) is 16.7 Å². The Labute approximate surface area is 204 Å². The largest absolute Gasteiger partial charge is 0.373 e. The number of hydrogen-bond donors (Lipinski definition) is 2. The molecule has 2 heterocycles. The zero-order valence-electron chi connectivity index (χ0n) is 19.5. The number of rotatable bonds is 9. The fraction of sp³-hybridized carbons (Fsp3) is 0.240. The average Bonchev–Trinajstić information content (AvgIpc) is 3.19. The minimum absolute atomic E-state index is 0.416. The van der Waals surface area contributed by atoms with Crippen LogP contribution in [0.15, 0.2) is 60.9 Å². The van der Waals surface area contributed by atoms with E-state index in [0.717, 1.165) is 41.8 Å². The molecule has 2 aromatic heterocycles. The number of benzene rings is 2. The topological polar surface area (TPSA) is 92.3 Å². The quantitative estimate of drug-likeness (QED) is 0.373. The molecule has 0 aliphatic heterocycles. The maximum atomic E-state index is 11.9. The first-order valence-electron chi connectivity index (χ1n) is 11.0. The Bertz CT molecular complexity index is 1320. The van der Waals surface area contributed by atoms with Crippen LogP contribution in [-0.4, -0.2) is 59.6 Å². The van der Waals surface area contributed by atoms with Gasteiger partial charge in [0.1, 0.15) is 5.82 Å². The van der Waals surface area contributed by atoms with Gasteiger partial charge in [0.2, 0.25) is 5.95 Å². The van der Waals surface area contributed by atoms with Crippen LogP contribution >= 0.6 is 11.6 Å². The van der Waals surface area contributed by atoms with Crippen LogP contribution < -0.4 is 16.0 Å². The lowest BCUT2D eigenvalue weighted by Crippen LogP contribution is -2.23. The van der Waals surface area contributed by atoms with Gasteiger partial charge in [-0.3, -0.25) is 4.79 Å². The molecule has 4 aromatic rings. The van der Waals surface area contributed by atoms with Gasteiger partial charge in [0.05, 0.1) is 21.8 Å². The highest BCUT2D eigenvalue weighted by Crippen LogP contribution is 2.30. The smallest absolute Gasteiger partial charge is 0.250 e. The summed E-state index contributed by atoms with van der Waals surface area (Å²) in [6.07, 6.45) is 4.42. The molecule has 0 spiro atoms. The van der Waals surface area contributed by atoms with Crippen molar-refractivity contribution < 1.29 is 4.79 Å². The first-order valence-corrected chi connectivity index (χ1v) is 11.4. The molecule has 0 bridgehead atoms. The Kier molecular flexibility index (Phi) is 7.00. The third-order valence-electron chi connectivity index (χ3n) is 5.58. The first kappa shape index (κ1) is 23.5. The second-order valence-corrected chi connectivity index (χ2v) is 8.81. The lowest BCUT2D eigenvalue weighted by molar-refractivity contribution is 0.100. The van der Waals surface area contributed by atoms with Crippen molar-refractivity contribution in [1.82, 2.24) is 19.4 Å². The van der Waals surface area contributed by atoms with E-state index in [2.05, 4.69) is 39.2 Å². The summed E-state index contributed by atoms with van der Waals surface area (Å²) in [5.74, 6) is 0.548. The Morgan fingerprint density at radius 1 is 1.12 bits per heavy atom. The maximum Gasteiger partial charge on any atom is 0.250 e. The number of halogens is 1. The minimum atomic E-state index is -0.483. The van der Waals surface area contributed by atoms with Gasteiger partial charge in [-0.15, -0.1) is 0 Å². The van der Waals surface area contributed by atoms with Gasteiger partial charge >= 0.3 is 0 Å². The molecule has 0 unspecified atom stereocenters. The van der Waals surface area contributed by atoms with Crippen LogP contribution in [0.2, 0.25) is 5.02 Å². The van der Waals surface area contributed by atoms with E-state index in [1.165, 1.54) is 0 Å². The number of primary amides is 1. The molecule has 0 atom stereocenters. The monoisotopic (exact) mass is 477 g/mol. The summed E-state index contributed by atoms with van der Waals surface area (Å²) >= 11 is 6.58. The number of fused-ring (bicyclic) bond motifs is 1. The van der Waals surface area contributed by atoms with Crippen LogP contribution in [0, 0.1) is 0 Å². The molecule has 176 valence electrons. The van der Waals surface area contributed by atoms with Crippen molar-refractivity contribution >= 4 is 45.7 Å². The van der Waals surface area contributed by atoms with Gasteiger partial charge in [-0.05, 0) is 57.4 Å². The fourth-order valence-electron chi connectivity index (χ4n) is 3.88. The molecule has 3 N–H and O–H groups in total. The number of carbonyl (C=O) groups excluding carboxylic acids is 1. The Hall–Kier alpha value is -3.62. The fourth-order valence-corrected chi connectivity index (χ4v) is 4.20. The second-order valence-electron chi connectivity index (χ2n) is 8.40. The minimum Gasteiger partial charge on any atom is -0.373 e. The molecule has 34 heavy (non-hydrogen) atoms. The van der Waals surface area contributed by atoms with E-state index in [9.17, 15) is 4.79 Å². The third-order valence-corrected chi connectivity index (χ3v) is 5.88. The zero-order valence-corrected chi connectivity index (χ0v) is 20.3. The van der Waals surface area contributed by atoms with Crippen LogP contribution in [-0.2, 0) is 0 Å². The Morgan fingerprint density at radius 2 is 1.91 bits per heavy atom. The van der Waals surface area contributed by atoms with Crippen molar-refractivity contribution in [3.8, 4) is 5.82 Å². The number of para-hydroxylation sites is 1. The van der Waals surface area contributed by atoms with Gasteiger partial charge in [0, 0.05) is 37.1 Å². The average molecular weight is 478 g/mol. The number of nitrogens with two attached hydrogens (primary N) is 1. The van der Waals surface area contributed by atoms with Crippen LogP contribution in [0.1, 0.15) is 16.8 Å². The summed E-state index contributed by atoms with van der Waals surface area (Å²) in [5.41, 5.74) is 8.61. The van der Waals surface area contributed by atoms with Gasteiger partial charge in [-0.2, -0.15) is 4.98 Å². The lowest BCUT2D eigenvalue weighted by atomic mass is 10.2. The van der Waals surface area contributed by atoms with E-state index in [1.54, 1.807) is 18.5 Å². The van der Waals surface area contributed by atoms with Gasteiger partial charge in [0.25, 0.3) is 5.91 Å².